The molecular weight excluding hydrogens is 186 g/mol. The highest BCUT2D eigenvalue weighted by Crippen LogP contribution is 2.06. The fraction of sp³-hybridized carbons (Fsp3) is 0.583. The zero-order chi connectivity index (χ0) is 10.5. The van der Waals surface area contributed by atoms with Crippen LogP contribution in [0.4, 0.5) is 0 Å². The first-order chi connectivity index (χ1) is 7.40. The predicted molar refractivity (Wildman–Crippen MR) is 61.8 cm³/mol. The first-order valence-corrected chi connectivity index (χ1v) is 5.75. The third-order valence-corrected chi connectivity index (χ3v) is 3.06. The summed E-state index contributed by atoms with van der Waals surface area (Å²) in [5.74, 6) is 0. The highest BCUT2D eigenvalue weighted by Gasteiger charge is 2.22. The van der Waals surface area contributed by atoms with Crippen LogP contribution in [0.1, 0.15) is 12.6 Å². The molecule has 1 fully saturated rings. The lowest BCUT2D eigenvalue weighted by atomic mass is 10.1. The predicted octanol–water partition coefficient (Wildman–Crippen LogP) is 0.918. The second-order valence-electron chi connectivity index (χ2n) is 4.01. The number of nitrogens with one attached hydrogen (secondary N) is 1. The summed E-state index contributed by atoms with van der Waals surface area (Å²) in [5, 5.41) is 3.32. The molecule has 82 valence electrons. The summed E-state index contributed by atoms with van der Waals surface area (Å²) in [4.78, 5) is 6.88. The Morgan fingerprint density at radius 1 is 1.47 bits per heavy atom. The molecule has 0 radical (unpaired) electrons. The van der Waals surface area contributed by atoms with E-state index in [1.54, 1.807) is 0 Å². The molecule has 15 heavy (non-hydrogen) atoms. The summed E-state index contributed by atoms with van der Waals surface area (Å²) in [6.07, 6.45) is 2.93. The van der Waals surface area contributed by atoms with Crippen LogP contribution >= 0.6 is 0 Å². The summed E-state index contributed by atoms with van der Waals surface area (Å²) >= 11 is 0. The number of rotatable bonds is 5. The molecule has 0 aliphatic carbocycles. The summed E-state index contributed by atoms with van der Waals surface area (Å²) in [6.45, 7) is 6.79. The molecule has 3 nitrogen and oxygen atoms in total. The highest BCUT2D eigenvalue weighted by atomic mass is 15.2. The van der Waals surface area contributed by atoms with Crippen LogP contribution < -0.4 is 5.32 Å². The molecule has 2 rings (SSSR count). The zero-order valence-electron chi connectivity index (χ0n) is 9.32. The molecule has 1 aromatic heterocycles. The molecule has 0 saturated carbocycles. The summed E-state index contributed by atoms with van der Waals surface area (Å²) in [7, 11) is 0. The summed E-state index contributed by atoms with van der Waals surface area (Å²) in [6, 6.07) is 6.88. The van der Waals surface area contributed by atoms with Crippen molar-refractivity contribution >= 4 is 0 Å². The average molecular weight is 205 g/mol. The Kier molecular flexibility index (Phi) is 3.69. The zero-order valence-corrected chi connectivity index (χ0v) is 9.32. The molecule has 1 aliphatic rings. The van der Waals surface area contributed by atoms with Crippen molar-refractivity contribution < 1.29 is 0 Å². The smallest absolute Gasteiger partial charge is 0.0416 e. The minimum absolute atomic E-state index is 0.749. The van der Waals surface area contributed by atoms with Gasteiger partial charge in [-0.1, -0.05) is 13.0 Å². The third-order valence-electron chi connectivity index (χ3n) is 3.06. The van der Waals surface area contributed by atoms with Crippen molar-refractivity contribution in [1.29, 1.82) is 0 Å². The number of nitrogens with zero attached hydrogens (tertiary/aromatic N) is 2. The molecule has 0 bridgehead atoms. The minimum atomic E-state index is 0.749. The van der Waals surface area contributed by atoms with E-state index in [0.29, 0.717) is 0 Å². The Morgan fingerprint density at radius 3 is 2.87 bits per heavy atom. The van der Waals surface area contributed by atoms with Crippen molar-refractivity contribution in [2.24, 2.45) is 0 Å². The Bertz CT molecular complexity index is 282. The van der Waals surface area contributed by atoms with Crippen LogP contribution in [-0.2, 0) is 6.42 Å². The van der Waals surface area contributed by atoms with Crippen LogP contribution in [0.15, 0.2) is 24.4 Å². The van der Waals surface area contributed by atoms with Crippen molar-refractivity contribution in [1.82, 2.24) is 15.2 Å². The van der Waals surface area contributed by atoms with Gasteiger partial charge in [0.15, 0.2) is 0 Å². The first kappa shape index (κ1) is 10.6. The summed E-state index contributed by atoms with van der Waals surface area (Å²) < 4.78 is 0. The molecule has 0 atom stereocenters. The molecule has 0 unspecified atom stereocenters. The number of hydrogen-bond acceptors (Lipinski definition) is 3. The van der Waals surface area contributed by atoms with E-state index in [-0.39, 0.29) is 0 Å². The van der Waals surface area contributed by atoms with Crippen LogP contribution in [-0.4, -0.2) is 42.1 Å². The highest BCUT2D eigenvalue weighted by molar-refractivity contribution is 5.04. The van der Waals surface area contributed by atoms with Gasteiger partial charge in [-0.3, -0.25) is 9.88 Å². The van der Waals surface area contributed by atoms with Crippen molar-refractivity contribution in [2.75, 3.05) is 26.2 Å². The van der Waals surface area contributed by atoms with Gasteiger partial charge < -0.3 is 5.32 Å². The van der Waals surface area contributed by atoms with Crippen LogP contribution in [0.5, 0.6) is 0 Å². The van der Waals surface area contributed by atoms with Gasteiger partial charge in [-0.05, 0) is 18.7 Å². The Hall–Kier alpha value is -0.930. The van der Waals surface area contributed by atoms with E-state index in [4.69, 9.17) is 0 Å². The van der Waals surface area contributed by atoms with Gasteiger partial charge in [0.05, 0.1) is 0 Å². The van der Waals surface area contributed by atoms with E-state index in [1.165, 1.54) is 5.69 Å². The SMILES string of the molecule is CCN(CCc1ccccn1)C1CNC1. The standard InChI is InChI=1S/C12H19N3/c1-2-15(12-9-13-10-12)8-6-11-5-3-4-7-14-11/h3-5,7,12-13H,2,6,8-10H2,1H3. The van der Waals surface area contributed by atoms with E-state index in [2.05, 4.69) is 34.3 Å². The quantitative estimate of drug-likeness (QED) is 0.774. The van der Waals surface area contributed by atoms with Gasteiger partial charge in [0.25, 0.3) is 0 Å². The maximum Gasteiger partial charge on any atom is 0.0416 e. The fourth-order valence-corrected chi connectivity index (χ4v) is 1.93. The number of pyridine rings is 1. The molecule has 3 heteroatoms. The molecular formula is C12H19N3. The Morgan fingerprint density at radius 2 is 2.33 bits per heavy atom. The molecule has 1 aromatic rings. The molecule has 1 saturated heterocycles. The lowest BCUT2D eigenvalue weighted by Gasteiger charge is -2.37. The Labute approximate surface area is 91.5 Å². The fourth-order valence-electron chi connectivity index (χ4n) is 1.93. The monoisotopic (exact) mass is 205 g/mol. The van der Waals surface area contributed by atoms with E-state index < -0.39 is 0 Å². The topological polar surface area (TPSA) is 28.2 Å². The Balaban J connectivity index is 1.80. The molecule has 1 aliphatic heterocycles. The van der Waals surface area contributed by atoms with Crippen molar-refractivity contribution in [3.05, 3.63) is 30.1 Å². The van der Waals surface area contributed by atoms with E-state index in [0.717, 1.165) is 38.6 Å². The third kappa shape index (κ3) is 2.76. The van der Waals surface area contributed by atoms with Crippen molar-refractivity contribution in [2.45, 2.75) is 19.4 Å². The van der Waals surface area contributed by atoms with E-state index in [9.17, 15) is 0 Å². The molecule has 0 spiro atoms. The van der Waals surface area contributed by atoms with Crippen LogP contribution in [0.25, 0.3) is 0 Å². The summed E-state index contributed by atoms with van der Waals surface area (Å²) in [5.41, 5.74) is 1.20. The van der Waals surface area contributed by atoms with Crippen molar-refractivity contribution in [3.8, 4) is 0 Å². The van der Waals surface area contributed by atoms with Gasteiger partial charge >= 0.3 is 0 Å². The minimum Gasteiger partial charge on any atom is -0.314 e. The van der Waals surface area contributed by atoms with Gasteiger partial charge in [0.1, 0.15) is 0 Å². The van der Waals surface area contributed by atoms with Gasteiger partial charge in [-0.2, -0.15) is 0 Å². The lowest BCUT2D eigenvalue weighted by molar-refractivity contribution is 0.154. The van der Waals surface area contributed by atoms with Crippen LogP contribution in [0, 0.1) is 0 Å². The first-order valence-electron chi connectivity index (χ1n) is 5.75. The number of hydrogen-bond donors (Lipinski definition) is 1. The van der Waals surface area contributed by atoms with E-state index >= 15 is 0 Å². The van der Waals surface area contributed by atoms with Gasteiger partial charge in [-0.25, -0.2) is 0 Å². The van der Waals surface area contributed by atoms with E-state index in [1.807, 2.05) is 12.3 Å². The molecule has 2 heterocycles. The number of likely N-dealkylation sites (N-methyl/N-ethyl adjacent to an activating group) is 1. The van der Waals surface area contributed by atoms with Crippen LogP contribution in [0.2, 0.25) is 0 Å². The van der Waals surface area contributed by atoms with Gasteiger partial charge in [0.2, 0.25) is 0 Å². The largest absolute Gasteiger partial charge is 0.314 e. The number of aromatic nitrogens is 1. The maximum atomic E-state index is 4.35. The van der Waals surface area contributed by atoms with Crippen molar-refractivity contribution in [3.63, 3.8) is 0 Å². The molecule has 1 N–H and O–H groups in total. The van der Waals surface area contributed by atoms with Crippen LogP contribution in [0.3, 0.4) is 0 Å². The molecule has 0 amide bonds. The maximum absolute atomic E-state index is 4.35. The molecule has 0 aromatic carbocycles. The van der Waals surface area contributed by atoms with Gasteiger partial charge in [-0.15, -0.1) is 0 Å². The lowest BCUT2D eigenvalue weighted by Crippen LogP contribution is -2.57. The van der Waals surface area contributed by atoms with Gasteiger partial charge in [0, 0.05) is 44.0 Å². The normalized spacial score (nSPS) is 16.7. The average Bonchev–Trinajstić information content (AvgIpc) is 2.23. The second kappa shape index (κ2) is 5.24. The second-order valence-corrected chi connectivity index (χ2v) is 4.01.